The summed E-state index contributed by atoms with van der Waals surface area (Å²) in [5.74, 6) is -1.17. The third-order valence-corrected chi connectivity index (χ3v) is 9.01. The van der Waals surface area contributed by atoms with Crippen molar-refractivity contribution >= 4 is 32.5 Å². The van der Waals surface area contributed by atoms with Gasteiger partial charge in [0.25, 0.3) is 5.91 Å². The van der Waals surface area contributed by atoms with Gasteiger partial charge < -0.3 is 19.7 Å². The van der Waals surface area contributed by atoms with Gasteiger partial charge in [0.05, 0.1) is 53.7 Å². The average Bonchev–Trinajstić information content (AvgIpc) is 3.13. The van der Waals surface area contributed by atoms with E-state index < -0.39 is 21.6 Å². The van der Waals surface area contributed by atoms with Gasteiger partial charge in [0.2, 0.25) is 0 Å². The van der Waals surface area contributed by atoms with E-state index in [1.807, 2.05) is 30.3 Å². The first-order chi connectivity index (χ1) is 20.2. The van der Waals surface area contributed by atoms with Gasteiger partial charge in [-0.15, -0.1) is 0 Å². The molecule has 1 aromatic carbocycles. The van der Waals surface area contributed by atoms with E-state index in [4.69, 9.17) is 19.4 Å². The molecule has 3 aromatic heterocycles. The fourth-order valence-electron chi connectivity index (χ4n) is 5.28. The number of ether oxygens (including phenoxy) is 2. The first-order valence-electron chi connectivity index (χ1n) is 13.8. The van der Waals surface area contributed by atoms with Crippen molar-refractivity contribution in [3.05, 3.63) is 71.8 Å². The number of anilines is 1. The molecule has 12 heteroatoms. The van der Waals surface area contributed by atoms with Crippen LogP contribution in [0.1, 0.15) is 36.3 Å². The molecule has 6 rings (SSSR count). The first kappa shape index (κ1) is 28.0. The summed E-state index contributed by atoms with van der Waals surface area (Å²) in [6, 6.07) is 13.6. The van der Waals surface area contributed by atoms with E-state index in [0.717, 1.165) is 42.1 Å². The molecule has 2 aliphatic heterocycles. The molecule has 0 saturated carbocycles. The fourth-order valence-corrected chi connectivity index (χ4v) is 6.74. The Morgan fingerprint density at radius 1 is 1.07 bits per heavy atom. The Labute approximate surface area is 242 Å². The lowest BCUT2D eigenvalue weighted by molar-refractivity contribution is -0.00545. The Morgan fingerprint density at radius 3 is 2.67 bits per heavy atom. The quantitative estimate of drug-likeness (QED) is 0.368. The van der Waals surface area contributed by atoms with Gasteiger partial charge in [-0.05, 0) is 62.7 Å². The monoisotopic (exact) mass is 591 g/mol. The van der Waals surface area contributed by atoms with Crippen LogP contribution in [0.5, 0.6) is 5.75 Å². The number of rotatable bonds is 5. The van der Waals surface area contributed by atoms with Crippen LogP contribution < -0.4 is 15.0 Å². The van der Waals surface area contributed by atoms with Gasteiger partial charge in [0, 0.05) is 30.2 Å². The molecule has 5 heterocycles. The molecular weight excluding hydrogens is 561 g/mol. The van der Waals surface area contributed by atoms with Crippen molar-refractivity contribution in [2.45, 2.75) is 43.9 Å². The predicted molar refractivity (Wildman–Crippen MR) is 155 cm³/mol. The normalized spacial score (nSPS) is 19.9. The molecule has 218 valence electrons. The number of pyridine rings is 3. The molecule has 1 N–H and O–H groups in total. The highest BCUT2D eigenvalue weighted by atomic mass is 32.2. The van der Waals surface area contributed by atoms with E-state index in [1.165, 1.54) is 0 Å². The number of sulfone groups is 1. The number of amides is 1. The number of fused-ring (bicyclic) bond motifs is 2. The van der Waals surface area contributed by atoms with Gasteiger partial charge in [0.15, 0.2) is 21.4 Å². The maximum atomic E-state index is 14.7. The van der Waals surface area contributed by atoms with Crippen LogP contribution in [-0.4, -0.2) is 66.9 Å². The van der Waals surface area contributed by atoms with E-state index in [-0.39, 0.29) is 53.7 Å². The number of carbonyl (C=O) groups is 1. The molecule has 1 amide bonds. The second-order valence-electron chi connectivity index (χ2n) is 10.6. The number of nitrogens with zero attached hydrogens (tertiary/aromatic N) is 4. The zero-order valence-corrected chi connectivity index (χ0v) is 24.0. The van der Waals surface area contributed by atoms with Crippen molar-refractivity contribution in [1.29, 1.82) is 0 Å². The number of benzene rings is 1. The molecule has 4 aromatic rings. The molecule has 10 nitrogen and oxygen atoms in total. The third-order valence-electron chi connectivity index (χ3n) is 7.21. The summed E-state index contributed by atoms with van der Waals surface area (Å²) in [5.41, 5.74) is 2.52. The lowest BCUT2D eigenvalue weighted by Gasteiger charge is -2.36. The SMILES string of the molecule is C[C@@H]1CN(c2cccc(-c3ccc4cnc(CNC(=O)c5cc(F)c6c(c5)S(=O)(=O)CCCO6)cc4n3)n2)C[C@H](C)O1. The zero-order valence-electron chi connectivity index (χ0n) is 23.2. The van der Waals surface area contributed by atoms with Crippen molar-refractivity contribution in [3.8, 4) is 17.1 Å². The Bertz CT molecular complexity index is 1770. The van der Waals surface area contributed by atoms with Crippen LogP contribution in [0.3, 0.4) is 0 Å². The van der Waals surface area contributed by atoms with E-state index in [9.17, 15) is 17.6 Å². The number of halogens is 1. The zero-order chi connectivity index (χ0) is 29.4. The smallest absolute Gasteiger partial charge is 0.251 e. The number of hydrogen-bond acceptors (Lipinski definition) is 9. The topological polar surface area (TPSA) is 124 Å². The van der Waals surface area contributed by atoms with Crippen LogP contribution in [0, 0.1) is 5.82 Å². The molecule has 0 unspecified atom stereocenters. The highest BCUT2D eigenvalue weighted by Gasteiger charge is 2.28. The Kier molecular flexibility index (Phi) is 7.50. The molecule has 2 aliphatic rings. The lowest BCUT2D eigenvalue weighted by atomic mass is 10.1. The molecule has 42 heavy (non-hydrogen) atoms. The number of nitrogens with one attached hydrogen (secondary N) is 1. The second kappa shape index (κ2) is 11.3. The van der Waals surface area contributed by atoms with Gasteiger partial charge in [-0.3, -0.25) is 9.78 Å². The molecule has 0 bridgehead atoms. The Morgan fingerprint density at radius 2 is 1.86 bits per heavy atom. The summed E-state index contributed by atoms with van der Waals surface area (Å²) >= 11 is 0. The van der Waals surface area contributed by atoms with Gasteiger partial charge >= 0.3 is 0 Å². The third kappa shape index (κ3) is 5.77. The largest absolute Gasteiger partial charge is 0.489 e. The van der Waals surface area contributed by atoms with Crippen LogP contribution in [-0.2, 0) is 21.1 Å². The Balaban J connectivity index is 1.21. The molecule has 0 spiro atoms. The second-order valence-corrected chi connectivity index (χ2v) is 12.7. The van der Waals surface area contributed by atoms with Crippen LogP contribution in [0.15, 0.2) is 59.6 Å². The number of hydrogen-bond donors (Lipinski definition) is 1. The number of carbonyl (C=O) groups excluding carboxylic acids is 1. The summed E-state index contributed by atoms with van der Waals surface area (Å²) < 4.78 is 51.0. The van der Waals surface area contributed by atoms with E-state index in [0.29, 0.717) is 16.9 Å². The van der Waals surface area contributed by atoms with Gasteiger partial charge in [0.1, 0.15) is 10.7 Å². The minimum Gasteiger partial charge on any atom is -0.489 e. The van der Waals surface area contributed by atoms with Crippen molar-refractivity contribution < 1.29 is 27.1 Å². The maximum absolute atomic E-state index is 14.7. The van der Waals surface area contributed by atoms with E-state index in [1.54, 1.807) is 12.3 Å². The summed E-state index contributed by atoms with van der Waals surface area (Å²) in [6.07, 6.45) is 2.14. The van der Waals surface area contributed by atoms with Gasteiger partial charge in [-0.1, -0.05) is 6.07 Å². The van der Waals surface area contributed by atoms with Crippen LogP contribution >= 0.6 is 0 Å². The van der Waals surface area contributed by atoms with Crippen LogP contribution in [0.2, 0.25) is 0 Å². The van der Waals surface area contributed by atoms with Crippen LogP contribution in [0.25, 0.3) is 22.3 Å². The van der Waals surface area contributed by atoms with Crippen molar-refractivity contribution in [2.24, 2.45) is 0 Å². The summed E-state index contributed by atoms with van der Waals surface area (Å²) in [6.45, 7) is 5.74. The maximum Gasteiger partial charge on any atom is 0.251 e. The van der Waals surface area contributed by atoms with Crippen molar-refractivity contribution in [1.82, 2.24) is 20.3 Å². The number of morpholine rings is 1. The molecule has 1 saturated heterocycles. The Hall–Kier alpha value is -4.16. The average molecular weight is 592 g/mol. The summed E-state index contributed by atoms with van der Waals surface area (Å²) in [4.78, 5) is 28.9. The van der Waals surface area contributed by atoms with Crippen molar-refractivity contribution in [3.63, 3.8) is 0 Å². The number of aromatic nitrogens is 3. The molecular formula is C30H30FN5O5S. The van der Waals surface area contributed by atoms with Gasteiger partial charge in [-0.25, -0.2) is 22.8 Å². The highest BCUT2D eigenvalue weighted by molar-refractivity contribution is 7.91. The summed E-state index contributed by atoms with van der Waals surface area (Å²) in [5, 5.41) is 3.51. The highest BCUT2D eigenvalue weighted by Crippen LogP contribution is 2.32. The fraction of sp³-hybridized carbons (Fsp3) is 0.333. The standard InChI is InChI=1S/C30H30FN5O5S/c1-18-16-36(17-19(2)41-18)28-6-3-5-24(35-28)25-8-7-20-14-32-22(13-26(20)34-25)15-33-30(37)21-11-23(31)29-27(12-21)42(38,39)10-4-9-40-29/h3,5-8,11-14,18-19H,4,9-10,15-17H2,1-2H3,(H,33,37)/t18-,19+. The minimum absolute atomic E-state index is 0.0315. The predicted octanol–water partition coefficient (Wildman–Crippen LogP) is 3.93. The van der Waals surface area contributed by atoms with Gasteiger partial charge in [-0.2, -0.15) is 0 Å². The molecule has 1 fully saturated rings. The van der Waals surface area contributed by atoms with Crippen LogP contribution in [0.4, 0.5) is 10.2 Å². The molecule has 0 radical (unpaired) electrons. The van der Waals surface area contributed by atoms with E-state index in [2.05, 4.69) is 29.0 Å². The first-order valence-corrected chi connectivity index (χ1v) is 15.4. The molecule has 0 aliphatic carbocycles. The van der Waals surface area contributed by atoms with E-state index >= 15 is 0 Å². The van der Waals surface area contributed by atoms with Crippen molar-refractivity contribution in [2.75, 3.05) is 30.3 Å². The minimum atomic E-state index is -3.77. The summed E-state index contributed by atoms with van der Waals surface area (Å²) in [7, 11) is -3.77. The lowest BCUT2D eigenvalue weighted by Crippen LogP contribution is -2.45. The molecule has 2 atom stereocenters.